The fourth-order valence-electron chi connectivity index (χ4n) is 7.64. The summed E-state index contributed by atoms with van der Waals surface area (Å²) in [5, 5.41) is 11.6. The SMILES string of the molecule is COC1=CC=CC(F)C1CN1C[C@H](NC(=O)c2ccc3[nH]nc(-c4ccnc(C)c4)c3c2)CC[C@H]1C(=O)N1CCN(C(=O)OC2CCOCC2)CC1. The normalized spacial score (nSPS) is 24.4. The third-order valence-corrected chi connectivity index (χ3v) is 10.6. The minimum absolute atomic E-state index is 0.0591. The van der Waals surface area contributed by atoms with E-state index < -0.39 is 18.1 Å². The standard InChI is InChI=1S/C38H46FN7O6/c1-24-20-25(10-13-40-24)35-29-21-26(6-8-32(29)42-43-35)36(47)41-27-7-9-33(46(22-27)23-30-31(39)4-3-5-34(30)50-2)37(48)44-14-16-45(17-15-44)38(49)52-28-11-18-51-19-12-28/h3-6,8,10,13,20-21,27-28,30-31,33H,7,9,11-12,14-19,22-23H2,1-2H3,(H,41,47)(H,42,43)/t27-,30?,31?,33+/m1/s1. The first-order valence-corrected chi connectivity index (χ1v) is 18.1. The van der Waals surface area contributed by atoms with E-state index in [-0.39, 0.29) is 36.6 Å². The number of hydrogen-bond acceptors (Lipinski definition) is 9. The second-order valence-corrected chi connectivity index (χ2v) is 14.0. The van der Waals surface area contributed by atoms with Crippen LogP contribution in [0.5, 0.6) is 0 Å². The van der Waals surface area contributed by atoms with Crippen molar-refractivity contribution in [2.75, 3.05) is 59.6 Å². The molecule has 4 atom stereocenters. The van der Waals surface area contributed by atoms with Crippen molar-refractivity contribution in [3.63, 3.8) is 0 Å². The molecule has 0 bridgehead atoms. The van der Waals surface area contributed by atoms with Crippen LogP contribution in [0, 0.1) is 12.8 Å². The summed E-state index contributed by atoms with van der Waals surface area (Å²) in [6.07, 6.45) is 7.28. The van der Waals surface area contributed by atoms with Crippen molar-refractivity contribution in [1.29, 1.82) is 0 Å². The molecule has 3 fully saturated rings. The van der Waals surface area contributed by atoms with Gasteiger partial charge in [-0.3, -0.25) is 24.6 Å². The molecule has 3 aliphatic heterocycles. The molecule has 14 heteroatoms. The number of rotatable bonds is 8. The molecule has 2 unspecified atom stereocenters. The summed E-state index contributed by atoms with van der Waals surface area (Å²) in [6, 6.07) is 8.50. The van der Waals surface area contributed by atoms with Gasteiger partial charge >= 0.3 is 6.09 Å². The number of methoxy groups -OCH3 is 1. The zero-order valence-electron chi connectivity index (χ0n) is 29.6. The minimum atomic E-state index is -1.28. The number of nitrogens with zero attached hydrogens (tertiary/aromatic N) is 5. The number of piperazine rings is 1. The van der Waals surface area contributed by atoms with Crippen molar-refractivity contribution < 1.29 is 33.0 Å². The highest BCUT2D eigenvalue weighted by Crippen LogP contribution is 2.30. The Labute approximate surface area is 302 Å². The van der Waals surface area contributed by atoms with Crippen molar-refractivity contribution in [2.24, 2.45) is 5.92 Å². The lowest BCUT2D eigenvalue weighted by Crippen LogP contribution is -2.61. The van der Waals surface area contributed by atoms with Crippen LogP contribution in [0.25, 0.3) is 22.2 Å². The summed E-state index contributed by atoms with van der Waals surface area (Å²) in [4.78, 5) is 50.4. The predicted molar refractivity (Wildman–Crippen MR) is 191 cm³/mol. The van der Waals surface area contributed by atoms with Crippen LogP contribution in [-0.4, -0.2) is 132 Å². The Balaban J connectivity index is 1.03. The molecule has 1 aliphatic carbocycles. The van der Waals surface area contributed by atoms with Gasteiger partial charge in [0.15, 0.2) is 0 Å². The first kappa shape index (κ1) is 35.6. The van der Waals surface area contributed by atoms with Crippen LogP contribution in [0.2, 0.25) is 0 Å². The average Bonchev–Trinajstić information content (AvgIpc) is 3.59. The van der Waals surface area contributed by atoms with Gasteiger partial charge in [-0.1, -0.05) is 6.08 Å². The van der Waals surface area contributed by atoms with E-state index in [1.165, 1.54) is 13.2 Å². The van der Waals surface area contributed by atoms with Crippen molar-refractivity contribution in [3.8, 4) is 11.3 Å². The Hall–Kier alpha value is -4.82. The number of carbonyl (C=O) groups excluding carboxylic acids is 3. The number of nitrogens with one attached hydrogen (secondary N) is 2. The van der Waals surface area contributed by atoms with E-state index in [0.717, 1.165) is 27.9 Å². The Morgan fingerprint density at radius 3 is 2.60 bits per heavy atom. The van der Waals surface area contributed by atoms with Gasteiger partial charge < -0.3 is 29.3 Å². The molecule has 1 aromatic carbocycles. The third kappa shape index (κ3) is 7.82. The number of aromatic amines is 1. The van der Waals surface area contributed by atoms with Crippen molar-refractivity contribution in [2.45, 2.75) is 57.0 Å². The number of aromatic nitrogens is 3. The highest BCUT2D eigenvalue weighted by molar-refractivity contribution is 6.01. The molecule has 4 aliphatic rings. The van der Waals surface area contributed by atoms with Gasteiger partial charge in [0, 0.05) is 86.6 Å². The van der Waals surface area contributed by atoms with E-state index in [1.54, 1.807) is 34.2 Å². The molecule has 0 spiro atoms. The summed E-state index contributed by atoms with van der Waals surface area (Å²) in [6.45, 7) is 5.19. The van der Waals surface area contributed by atoms with Crippen LogP contribution in [0.4, 0.5) is 9.18 Å². The molecule has 7 rings (SSSR count). The van der Waals surface area contributed by atoms with Gasteiger partial charge in [0.2, 0.25) is 5.91 Å². The highest BCUT2D eigenvalue weighted by atomic mass is 19.1. The fourth-order valence-corrected chi connectivity index (χ4v) is 7.64. The first-order valence-electron chi connectivity index (χ1n) is 18.1. The zero-order valence-corrected chi connectivity index (χ0v) is 29.6. The average molecular weight is 716 g/mol. The van der Waals surface area contributed by atoms with Crippen molar-refractivity contribution in [1.82, 2.24) is 35.2 Å². The van der Waals surface area contributed by atoms with E-state index >= 15 is 4.39 Å². The third-order valence-electron chi connectivity index (χ3n) is 10.6. The van der Waals surface area contributed by atoms with E-state index in [1.807, 2.05) is 36.1 Å². The number of fused-ring (bicyclic) bond motifs is 1. The molecule has 5 heterocycles. The van der Waals surface area contributed by atoms with Crippen LogP contribution < -0.4 is 5.32 Å². The maximum atomic E-state index is 15.3. The smallest absolute Gasteiger partial charge is 0.410 e. The summed E-state index contributed by atoms with van der Waals surface area (Å²) >= 11 is 0. The molecular weight excluding hydrogens is 669 g/mol. The number of H-pyrrole nitrogens is 1. The van der Waals surface area contributed by atoms with E-state index in [4.69, 9.17) is 14.2 Å². The number of likely N-dealkylation sites (tertiary alicyclic amines) is 1. The number of ether oxygens (including phenoxy) is 3. The van der Waals surface area contributed by atoms with Gasteiger partial charge in [0.1, 0.15) is 23.7 Å². The second kappa shape index (κ2) is 15.8. The lowest BCUT2D eigenvalue weighted by atomic mass is 9.91. The largest absolute Gasteiger partial charge is 0.501 e. The van der Waals surface area contributed by atoms with Crippen molar-refractivity contribution in [3.05, 3.63) is 71.8 Å². The maximum absolute atomic E-state index is 15.3. The maximum Gasteiger partial charge on any atom is 0.410 e. The summed E-state index contributed by atoms with van der Waals surface area (Å²) in [5.41, 5.74) is 3.81. The fraction of sp³-hybridized carbons (Fsp3) is 0.500. The molecule has 3 saturated heterocycles. The van der Waals surface area contributed by atoms with Gasteiger partial charge in [-0.25, -0.2) is 9.18 Å². The summed E-state index contributed by atoms with van der Waals surface area (Å²) in [5.74, 6) is -0.385. The molecule has 3 aromatic rings. The van der Waals surface area contributed by atoms with Crippen LogP contribution >= 0.6 is 0 Å². The number of piperidine rings is 1. The Kier molecular flexibility index (Phi) is 10.8. The van der Waals surface area contributed by atoms with Crippen LogP contribution in [-0.2, 0) is 19.0 Å². The minimum Gasteiger partial charge on any atom is -0.501 e. The van der Waals surface area contributed by atoms with Crippen LogP contribution in [0.1, 0.15) is 41.7 Å². The predicted octanol–water partition coefficient (Wildman–Crippen LogP) is 4.01. The molecule has 2 N–H and O–H groups in total. The number of pyridine rings is 1. The Morgan fingerprint density at radius 1 is 1.04 bits per heavy atom. The van der Waals surface area contributed by atoms with E-state index in [9.17, 15) is 14.4 Å². The Morgan fingerprint density at radius 2 is 1.83 bits per heavy atom. The van der Waals surface area contributed by atoms with Crippen LogP contribution in [0.3, 0.4) is 0 Å². The molecule has 13 nitrogen and oxygen atoms in total. The topological polar surface area (TPSA) is 142 Å². The van der Waals surface area contributed by atoms with Gasteiger partial charge in [-0.2, -0.15) is 5.10 Å². The van der Waals surface area contributed by atoms with Crippen LogP contribution in [0.15, 0.2) is 60.5 Å². The molecule has 3 amide bonds. The number of benzene rings is 1. The molecule has 276 valence electrons. The number of amides is 3. The Bertz CT molecular complexity index is 1830. The highest BCUT2D eigenvalue weighted by Gasteiger charge is 2.40. The second-order valence-electron chi connectivity index (χ2n) is 14.0. The number of halogens is 1. The van der Waals surface area contributed by atoms with E-state index in [2.05, 4.69) is 20.5 Å². The summed E-state index contributed by atoms with van der Waals surface area (Å²) in [7, 11) is 1.53. The van der Waals surface area contributed by atoms with Crippen molar-refractivity contribution >= 4 is 28.8 Å². The monoisotopic (exact) mass is 715 g/mol. The van der Waals surface area contributed by atoms with Gasteiger partial charge in [-0.05, 0) is 62.2 Å². The number of hydrogen-bond donors (Lipinski definition) is 2. The lowest BCUT2D eigenvalue weighted by molar-refractivity contribution is -0.140. The number of aryl methyl sites for hydroxylation is 1. The first-order chi connectivity index (χ1) is 25.3. The molecular formula is C38H46FN7O6. The van der Waals surface area contributed by atoms with Gasteiger partial charge in [-0.15, -0.1) is 0 Å². The zero-order chi connectivity index (χ0) is 36.2. The molecule has 52 heavy (non-hydrogen) atoms. The quantitative estimate of drug-likeness (QED) is 0.354. The summed E-state index contributed by atoms with van der Waals surface area (Å²) < 4.78 is 32.0. The molecule has 0 saturated carbocycles. The number of alkyl halides is 1. The number of carbonyl (C=O) groups is 3. The lowest BCUT2D eigenvalue weighted by Gasteiger charge is -2.44. The molecule has 2 aromatic heterocycles. The number of allylic oxidation sites excluding steroid dienone is 3. The van der Waals surface area contributed by atoms with E-state index in [0.29, 0.717) is 82.9 Å². The van der Waals surface area contributed by atoms with Gasteiger partial charge in [0.25, 0.3) is 5.91 Å². The molecule has 0 radical (unpaired) electrons. The van der Waals surface area contributed by atoms with Gasteiger partial charge in [0.05, 0.1) is 37.8 Å².